The predicted molar refractivity (Wildman–Crippen MR) is 133 cm³/mol. The van der Waals surface area contributed by atoms with E-state index < -0.39 is 0 Å². The van der Waals surface area contributed by atoms with Crippen LogP contribution < -0.4 is 9.47 Å². The van der Waals surface area contributed by atoms with Crippen LogP contribution in [0.1, 0.15) is 17.5 Å². The van der Waals surface area contributed by atoms with Crippen LogP contribution in [0.15, 0.2) is 59.7 Å². The normalized spacial score (nSPS) is 16.3. The van der Waals surface area contributed by atoms with E-state index in [1.54, 1.807) is 30.9 Å². The van der Waals surface area contributed by atoms with Crippen LogP contribution in [0.25, 0.3) is 12.2 Å². The summed E-state index contributed by atoms with van der Waals surface area (Å²) in [6, 6.07) is 14.9. The number of benzene rings is 2. The zero-order valence-corrected chi connectivity index (χ0v) is 19.8. The van der Waals surface area contributed by atoms with E-state index in [0.29, 0.717) is 29.1 Å². The Morgan fingerprint density at radius 2 is 1.39 bits per heavy atom. The molecule has 3 rings (SSSR count). The molecule has 0 atom stereocenters. The summed E-state index contributed by atoms with van der Waals surface area (Å²) in [5, 5.41) is 8.94. The predicted octanol–water partition coefficient (Wildman–Crippen LogP) is 3.70. The first-order valence-corrected chi connectivity index (χ1v) is 11.9. The second-order valence-electron chi connectivity index (χ2n) is 7.55. The van der Waals surface area contributed by atoms with Crippen LogP contribution in [0.3, 0.4) is 0 Å². The molecular weight excluding hydrogens is 438 g/mol. The van der Waals surface area contributed by atoms with Crippen molar-refractivity contribution in [2.45, 2.75) is 6.42 Å². The molecule has 7 heteroatoms. The Labute approximate surface area is 198 Å². The second-order valence-corrected chi connectivity index (χ2v) is 8.78. The SMILES string of the molecule is COc1ccc(/C=C2\CN(C(=O)CCSCCO)C/C(=C\c3ccc(OC)cc3)C2=O)cc1. The Balaban J connectivity index is 1.87. The van der Waals surface area contributed by atoms with E-state index in [2.05, 4.69) is 0 Å². The molecule has 1 N–H and O–H groups in total. The summed E-state index contributed by atoms with van der Waals surface area (Å²) in [4.78, 5) is 27.9. The highest BCUT2D eigenvalue weighted by molar-refractivity contribution is 7.99. The lowest BCUT2D eigenvalue weighted by molar-refractivity contribution is -0.130. The van der Waals surface area contributed by atoms with Gasteiger partial charge in [0.2, 0.25) is 5.91 Å². The van der Waals surface area contributed by atoms with Crippen molar-refractivity contribution in [1.29, 1.82) is 0 Å². The molecule has 0 bridgehead atoms. The van der Waals surface area contributed by atoms with Crippen molar-refractivity contribution < 1.29 is 24.2 Å². The number of rotatable bonds is 9. The van der Waals surface area contributed by atoms with Crippen LogP contribution >= 0.6 is 11.8 Å². The molecule has 0 aromatic heterocycles. The number of amides is 1. The number of nitrogens with zero attached hydrogens (tertiary/aromatic N) is 1. The van der Waals surface area contributed by atoms with Crippen molar-refractivity contribution in [2.24, 2.45) is 0 Å². The molecule has 33 heavy (non-hydrogen) atoms. The molecule has 0 saturated carbocycles. The summed E-state index contributed by atoms with van der Waals surface area (Å²) in [5.74, 6) is 2.67. The van der Waals surface area contributed by atoms with Gasteiger partial charge in [0, 0.05) is 42.2 Å². The van der Waals surface area contributed by atoms with Gasteiger partial charge in [-0.3, -0.25) is 9.59 Å². The third kappa shape index (κ3) is 6.97. The van der Waals surface area contributed by atoms with Gasteiger partial charge < -0.3 is 19.5 Å². The van der Waals surface area contributed by atoms with Crippen LogP contribution in [-0.2, 0) is 9.59 Å². The Bertz CT molecular complexity index is 942. The number of Topliss-reactive ketones (excluding diaryl/α,β-unsaturated/α-hetero) is 1. The molecule has 2 aromatic carbocycles. The molecule has 0 unspecified atom stereocenters. The lowest BCUT2D eigenvalue weighted by Gasteiger charge is -2.30. The van der Waals surface area contributed by atoms with E-state index in [1.807, 2.05) is 60.7 Å². The van der Waals surface area contributed by atoms with E-state index in [0.717, 1.165) is 22.6 Å². The number of carbonyl (C=O) groups is 2. The highest BCUT2D eigenvalue weighted by Crippen LogP contribution is 2.24. The minimum Gasteiger partial charge on any atom is -0.497 e. The minimum absolute atomic E-state index is 0.00537. The largest absolute Gasteiger partial charge is 0.497 e. The maximum Gasteiger partial charge on any atom is 0.224 e. The zero-order valence-electron chi connectivity index (χ0n) is 19.0. The first kappa shape index (κ1) is 24.6. The number of aliphatic hydroxyl groups excluding tert-OH is 1. The van der Waals surface area contributed by atoms with Crippen LogP contribution in [0.4, 0.5) is 0 Å². The third-order valence-corrected chi connectivity index (χ3v) is 6.23. The number of ether oxygens (including phenoxy) is 2. The molecule has 174 valence electrons. The van der Waals surface area contributed by atoms with Gasteiger partial charge in [0.25, 0.3) is 0 Å². The molecule has 0 aliphatic carbocycles. The standard InChI is InChI=1S/C26H29NO5S/c1-31-23-7-3-19(4-8-23)15-21-17-27(25(29)11-13-33-14-12-28)18-22(26(21)30)16-20-5-9-24(32-2)10-6-20/h3-10,15-16,28H,11-14,17-18H2,1-2H3/b21-15+,22-16+. The lowest BCUT2D eigenvalue weighted by atomic mass is 9.94. The van der Waals surface area contributed by atoms with Gasteiger partial charge in [0.1, 0.15) is 11.5 Å². The van der Waals surface area contributed by atoms with Gasteiger partial charge in [0.15, 0.2) is 5.78 Å². The topological polar surface area (TPSA) is 76.1 Å². The maximum absolute atomic E-state index is 13.3. The average Bonchev–Trinajstić information content (AvgIpc) is 2.85. The van der Waals surface area contributed by atoms with Crippen molar-refractivity contribution in [3.05, 3.63) is 70.8 Å². The highest BCUT2D eigenvalue weighted by atomic mass is 32.2. The van der Waals surface area contributed by atoms with Crippen LogP contribution in [0.5, 0.6) is 11.5 Å². The van der Waals surface area contributed by atoms with Crippen molar-refractivity contribution in [3.63, 3.8) is 0 Å². The summed E-state index contributed by atoms with van der Waals surface area (Å²) in [5.41, 5.74) is 2.89. The molecule has 1 heterocycles. The van der Waals surface area contributed by atoms with Gasteiger partial charge in [-0.25, -0.2) is 0 Å². The molecule has 1 saturated heterocycles. The fourth-order valence-corrected chi connectivity index (χ4v) is 4.15. The fourth-order valence-electron chi connectivity index (χ4n) is 3.50. The number of hydrogen-bond acceptors (Lipinski definition) is 6. The Morgan fingerprint density at radius 1 is 0.909 bits per heavy atom. The number of piperidine rings is 1. The molecular formula is C26H29NO5S. The molecule has 0 spiro atoms. The molecule has 1 fully saturated rings. The maximum atomic E-state index is 13.3. The van der Waals surface area contributed by atoms with Crippen LogP contribution in [0, 0.1) is 0 Å². The van der Waals surface area contributed by atoms with Gasteiger partial charge in [-0.05, 0) is 47.5 Å². The van der Waals surface area contributed by atoms with Gasteiger partial charge >= 0.3 is 0 Å². The van der Waals surface area contributed by atoms with Crippen molar-refractivity contribution >= 4 is 35.6 Å². The number of methoxy groups -OCH3 is 2. The van der Waals surface area contributed by atoms with Gasteiger partial charge in [-0.15, -0.1) is 0 Å². The number of aliphatic hydroxyl groups is 1. The number of thioether (sulfide) groups is 1. The quantitative estimate of drug-likeness (QED) is 0.448. The Kier molecular flexibility index (Phi) is 9.15. The third-order valence-electron chi connectivity index (χ3n) is 5.27. The van der Waals surface area contributed by atoms with Gasteiger partial charge in [0.05, 0.1) is 20.8 Å². The first-order valence-electron chi connectivity index (χ1n) is 10.7. The van der Waals surface area contributed by atoms with Gasteiger partial charge in [-0.1, -0.05) is 24.3 Å². The summed E-state index contributed by atoms with van der Waals surface area (Å²) < 4.78 is 10.4. The number of carbonyl (C=O) groups excluding carboxylic acids is 2. The van der Waals surface area contributed by atoms with Crippen molar-refractivity contribution in [3.8, 4) is 11.5 Å². The van der Waals surface area contributed by atoms with E-state index >= 15 is 0 Å². The van der Waals surface area contributed by atoms with E-state index in [1.165, 1.54) is 0 Å². The fraction of sp³-hybridized carbons (Fsp3) is 0.308. The molecule has 1 aliphatic rings. The molecule has 1 aliphatic heterocycles. The van der Waals surface area contributed by atoms with Gasteiger partial charge in [-0.2, -0.15) is 11.8 Å². The Hall–Kier alpha value is -3.03. The lowest BCUT2D eigenvalue weighted by Crippen LogP contribution is -2.41. The molecule has 1 amide bonds. The van der Waals surface area contributed by atoms with Crippen LogP contribution in [0.2, 0.25) is 0 Å². The molecule has 0 radical (unpaired) electrons. The summed E-state index contributed by atoms with van der Waals surface area (Å²) in [6.07, 6.45) is 4.04. The van der Waals surface area contributed by atoms with Crippen LogP contribution in [-0.4, -0.2) is 67.1 Å². The van der Waals surface area contributed by atoms with E-state index in [-0.39, 0.29) is 31.4 Å². The van der Waals surface area contributed by atoms with E-state index in [9.17, 15) is 9.59 Å². The highest BCUT2D eigenvalue weighted by Gasteiger charge is 2.28. The number of ketones is 1. The second kappa shape index (κ2) is 12.3. The average molecular weight is 468 g/mol. The summed E-state index contributed by atoms with van der Waals surface area (Å²) in [7, 11) is 3.22. The zero-order chi connectivity index (χ0) is 23.6. The smallest absolute Gasteiger partial charge is 0.224 e. The van der Waals surface area contributed by atoms with Crippen molar-refractivity contribution in [1.82, 2.24) is 4.90 Å². The van der Waals surface area contributed by atoms with Crippen molar-refractivity contribution in [2.75, 3.05) is 45.4 Å². The summed E-state index contributed by atoms with van der Waals surface area (Å²) in [6.45, 7) is 0.642. The number of likely N-dealkylation sites (tertiary alicyclic amines) is 1. The molecule has 2 aromatic rings. The summed E-state index contributed by atoms with van der Waals surface area (Å²) >= 11 is 1.54. The minimum atomic E-state index is -0.0552. The number of hydrogen-bond donors (Lipinski definition) is 1. The monoisotopic (exact) mass is 467 g/mol. The molecule has 6 nitrogen and oxygen atoms in total. The first-order chi connectivity index (χ1) is 16.0. The van der Waals surface area contributed by atoms with E-state index in [4.69, 9.17) is 14.6 Å². The Morgan fingerprint density at radius 3 is 1.82 bits per heavy atom.